The van der Waals surface area contributed by atoms with Gasteiger partial charge in [0.15, 0.2) is 5.16 Å². The highest BCUT2D eigenvalue weighted by atomic mass is 32.2. The van der Waals surface area contributed by atoms with Crippen molar-refractivity contribution in [2.24, 2.45) is 0 Å². The number of fused-ring (bicyclic) bond motifs is 3. The Morgan fingerprint density at radius 1 is 1.18 bits per heavy atom. The third-order valence-corrected chi connectivity index (χ3v) is 7.12. The maximum atomic E-state index is 13.5. The molecule has 5 aromatic rings. The number of hydrogen-bond donors (Lipinski definition) is 1. The van der Waals surface area contributed by atoms with Gasteiger partial charge in [0, 0.05) is 0 Å². The predicted molar refractivity (Wildman–Crippen MR) is 134 cm³/mol. The fraction of sp³-hybridized carbons (Fsp3) is 0.125. The molecule has 8 nitrogen and oxygen atoms in total. The summed E-state index contributed by atoms with van der Waals surface area (Å²) in [6.45, 7) is 3.96. The van der Waals surface area contributed by atoms with Crippen LogP contribution in [0.2, 0.25) is 0 Å². The first-order valence-electron chi connectivity index (χ1n) is 10.3. The van der Waals surface area contributed by atoms with Crippen molar-refractivity contribution in [2.45, 2.75) is 19.0 Å². The first-order chi connectivity index (χ1) is 16.5. The van der Waals surface area contributed by atoms with Crippen molar-refractivity contribution in [3.8, 4) is 11.8 Å². The molecule has 1 N–H and O–H groups in total. The number of benzene rings is 2. The van der Waals surface area contributed by atoms with E-state index in [0.29, 0.717) is 32.4 Å². The Morgan fingerprint density at radius 3 is 2.79 bits per heavy atom. The lowest BCUT2D eigenvalue weighted by Gasteiger charge is -2.13. The smallest absolute Gasteiger partial charge is 0.267 e. The summed E-state index contributed by atoms with van der Waals surface area (Å²) >= 11 is 2.51. The van der Waals surface area contributed by atoms with Crippen LogP contribution in [-0.4, -0.2) is 30.8 Å². The van der Waals surface area contributed by atoms with Crippen LogP contribution in [0.15, 0.2) is 63.9 Å². The van der Waals surface area contributed by atoms with Gasteiger partial charge in [-0.3, -0.25) is 14.0 Å². The number of nitrogens with one attached hydrogen (secondary N) is 1. The summed E-state index contributed by atoms with van der Waals surface area (Å²) in [6.07, 6.45) is 0. The lowest BCUT2D eigenvalue weighted by Crippen LogP contribution is -2.22. The molecule has 0 saturated heterocycles. The molecule has 0 aliphatic rings. The van der Waals surface area contributed by atoms with Crippen molar-refractivity contribution in [2.75, 3.05) is 11.1 Å². The van der Waals surface area contributed by atoms with Gasteiger partial charge in [0.25, 0.3) is 5.56 Å². The van der Waals surface area contributed by atoms with E-state index >= 15 is 0 Å². The number of aromatic nitrogens is 4. The number of thioether (sulfide) groups is 1. The molecule has 10 heteroatoms. The molecular weight excluding hydrogens is 468 g/mol. The highest BCUT2D eigenvalue weighted by molar-refractivity contribution is 7.99. The fourth-order valence-corrected chi connectivity index (χ4v) is 5.33. The van der Waals surface area contributed by atoms with Crippen LogP contribution in [0.25, 0.3) is 22.4 Å². The molecule has 5 rings (SSSR count). The van der Waals surface area contributed by atoms with Crippen LogP contribution in [0, 0.1) is 25.2 Å². The van der Waals surface area contributed by atoms with Gasteiger partial charge in [-0.25, -0.2) is 4.57 Å². The molecule has 168 valence electrons. The summed E-state index contributed by atoms with van der Waals surface area (Å²) in [7, 11) is 0. The van der Waals surface area contributed by atoms with E-state index in [0.717, 1.165) is 16.8 Å². The van der Waals surface area contributed by atoms with Gasteiger partial charge in [-0.2, -0.15) is 5.26 Å². The number of rotatable bonds is 5. The normalized spacial score (nSPS) is 11.1. The fourth-order valence-electron chi connectivity index (χ4n) is 3.83. The van der Waals surface area contributed by atoms with Crippen LogP contribution in [0.3, 0.4) is 0 Å². The summed E-state index contributed by atoms with van der Waals surface area (Å²) in [5.74, 6) is 0.192. The summed E-state index contributed by atoms with van der Waals surface area (Å²) in [5, 5.41) is 23.9. The lowest BCUT2D eigenvalue weighted by atomic mass is 10.1. The lowest BCUT2D eigenvalue weighted by molar-refractivity contribution is -0.113. The van der Waals surface area contributed by atoms with Gasteiger partial charge in [-0.15, -0.1) is 21.5 Å². The van der Waals surface area contributed by atoms with E-state index in [1.54, 1.807) is 26.5 Å². The number of amides is 1. The summed E-state index contributed by atoms with van der Waals surface area (Å²) in [6, 6.07) is 16.9. The van der Waals surface area contributed by atoms with E-state index in [2.05, 4.69) is 21.6 Å². The van der Waals surface area contributed by atoms with Crippen LogP contribution >= 0.6 is 23.1 Å². The molecule has 2 aromatic carbocycles. The predicted octanol–water partition coefficient (Wildman–Crippen LogP) is 4.31. The van der Waals surface area contributed by atoms with Crippen LogP contribution in [0.5, 0.6) is 0 Å². The van der Waals surface area contributed by atoms with Crippen LogP contribution in [-0.2, 0) is 4.79 Å². The number of hydrogen-bond acceptors (Lipinski definition) is 7. The van der Waals surface area contributed by atoms with Crippen LogP contribution in [0.1, 0.15) is 16.7 Å². The molecule has 0 fully saturated rings. The van der Waals surface area contributed by atoms with Gasteiger partial charge in [0.1, 0.15) is 11.1 Å². The summed E-state index contributed by atoms with van der Waals surface area (Å²) in [5.41, 5.74) is 3.69. The highest BCUT2D eigenvalue weighted by Crippen LogP contribution is 2.26. The Bertz CT molecular complexity index is 1670. The minimum atomic E-state index is -0.257. The third-order valence-electron chi connectivity index (χ3n) is 5.36. The molecule has 0 unspecified atom stereocenters. The standard InChI is InChI=1S/C24H18N6O2S2/c1-14-7-8-18(15(2)11-14)29-22(32)17-5-3-4-6-19(17)30-23(29)27-28-24(30)34-13-20(31)26-21-16(12-25)9-10-33-21/h3-11H,13H2,1-2H3,(H,26,31). The Hall–Kier alpha value is -3.94. The average Bonchev–Trinajstić information content (AvgIpc) is 3.46. The zero-order chi connectivity index (χ0) is 23.8. The van der Waals surface area contributed by atoms with Crippen molar-refractivity contribution >= 4 is 50.7 Å². The largest absolute Gasteiger partial charge is 0.316 e. The number of para-hydroxylation sites is 1. The molecule has 34 heavy (non-hydrogen) atoms. The van der Waals surface area contributed by atoms with Gasteiger partial charge in [-0.1, -0.05) is 41.6 Å². The van der Waals surface area contributed by atoms with E-state index in [-0.39, 0.29) is 17.2 Å². The maximum Gasteiger partial charge on any atom is 0.267 e. The molecule has 0 bridgehead atoms. The molecule has 0 aliphatic heterocycles. The molecule has 3 heterocycles. The molecular formula is C24H18N6O2S2. The van der Waals surface area contributed by atoms with Gasteiger partial charge in [0.2, 0.25) is 11.7 Å². The zero-order valence-electron chi connectivity index (χ0n) is 18.3. The second-order valence-corrected chi connectivity index (χ2v) is 9.54. The number of carbonyl (C=O) groups is 1. The monoisotopic (exact) mass is 486 g/mol. The van der Waals surface area contributed by atoms with Gasteiger partial charge in [0.05, 0.1) is 27.9 Å². The molecule has 0 aliphatic carbocycles. The van der Waals surface area contributed by atoms with E-state index < -0.39 is 0 Å². The van der Waals surface area contributed by atoms with Crippen molar-refractivity contribution in [3.63, 3.8) is 0 Å². The molecule has 3 aromatic heterocycles. The number of carbonyl (C=O) groups excluding carboxylic acids is 1. The maximum absolute atomic E-state index is 13.5. The van der Waals surface area contributed by atoms with E-state index in [1.807, 2.05) is 50.2 Å². The van der Waals surface area contributed by atoms with Crippen molar-refractivity contribution in [1.29, 1.82) is 5.26 Å². The highest BCUT2D eigenvalue weighted by Gasteiger charge is 2.19. The Kier molecular flexibility index (Phi) is 5.65. The first kappa shape index (κ1) is 21.9. The van der Waals surface area contributed by atoms with E-state index in [9.17, 15) is 9.59 Å². The summed E-state index contributed by atoms with van der Waals surface area (Å²) < 4.78 is 3.37. The number of nitriles is 1. The topological polar surface area (TPSA) is 105 Å². The molecule has 0 saturated carbocycles. The van der Waals surface area contributed by atoms with E-state index in [1.165, 1.54) is 23.1 Å². The second-order valence-electron chi connectivity index (χ2n) is 7.68. The number of nitrogens with zero attached hydrogens (tertiary/aromatic N) is 5. The Labute approximate surface area is 202 Å². The van der Waals surface area contributed by atoms with E-state index in [4.69, 9.17) is 5.26 Å². The van der Waals surface area contributed by atoms with Crippen LogP contribution in [0.4, 0.5) is 5.00 Å². The van der Waals surface area contributed by atoms with Crippen molar-refractivity contribution < 1.29 is 4.79 Å². The number of thiophene rings is 1. The third kappa shape index (κ3) is 3.75. The zero-order valence-corrected chi connectivity index (χ0v) is 19.9. The van der Waals surface area contributed by atoms with Gasteiger partial charge >= 0.3 is 0 Å². The van der Waals surface area contributed by atoms with Crippen LogP contribution < -0.4 is 10.9 Å². The minimum absolute atomic E-state index is 0.0700. The molecule has 1 amide bonds. The first-order valence-corrected chi connectivity index (χ1v) is 12.2. The Balaban J connectivity index is 1.58. The second kappa shape index (κ2) is 8.78. The summed E-state index contributed by atoms with van der Waals surface area (Å²) in [4.78, 5) is 26.0. The van der Waals surface area contributed by atoms with Gasteiger partial charge < -0.3 is 5.32 Å². The van der Waals surface area contributed by atoms with Crippen molar-refractivity contribution in [3.05, 3.63) is 81.0 Å². The quantitative estimate of drug-likeness (QED) is 0.371. The minimum Gasteiger partial charge on any atom is -0.316 e. The SMILES string of the molecule is Cc1ccc(-n2c(=O)c3ccccc3n3c(SCC(=O)Nc4sccc4C#N)nnc23)c(C)c1. The average molecular weight is 487 g/mol. The molecule has 0 spiro atoms. The number of anilines is 1. The number of aryl methyl sites for hydroxylation is 2. The molecule has 0 atom stereocenters. The van der Waals surface area contributed by atoms with Gasteiger partial charge in [-0.05, 0) is 49.1 Å². The van der Waals surface area contributed by atoms with Crippen molar-refractivity contribution in [1.82, 2.24) is 19.2 Å². The Morgan fingerprint density at radius 2 is 2.00 bits per heavy atom. The molecule has 0 radical (unpaired) electrons.